The zero-order valence-electron chi connectivity index (χ0n) is 23.7. The maximum absolute atomic E-state index is 13.9. The molecule has 1 amide bonds. The van der Waals surface area contributed by atoms with Gasteiger partial charge in [0.05, 0.1) is 24.6 Å². The Bertz CT molecular complexity index is 1240. The number of nitrogens with zero attached hydrogens (tertiary/aromatic N) is 2. The van der Waals surface area contributed by atoms with Gasteiger partial charge in [0.1, 0.15) is 12.4 Å². The minimum absolute atomic E-state index is 0.0142. The van der Waals surface area contributed by atoms with Crippen LogP contribution in [0.25, 0.3) is 0 Å². The number of piperidine rings is 1. The first-order chi connectivity index (χ1) is 19.7. The molecule has 2 fully saturated rings. The second kappa shape index (κ2) is 12.8. The van der Waals surface area contributed by atoms with E-state index in [-0.39, 0.29) is 36.9 Å². The Kier molecular flexibility index (Phi) is 9.22. The van der Waals surface area contributed by atoms with Gasteiger partial charge >= 0.3 is 12.1 Å². The highest BCUT2D eigenvalue weighted by Gasteiger charge is 2.36. The highest BCUT2D eigenvalue weighted by atomic mass is 19.4. The molecule has 5 rings (SSSR count). The normalized spacial score (nSPS) is 20.1. The van der Waals surface area contributed by atoms with Gasteiger partial charge in [-0.15, -0.1) is 0 Å². The summed E-state index contributed by atoms with van der Waals surface area (Å²) in [4.78, 5) is 29.1. The average molecular weight is 573 g/mol. The number of carbonyl (C=O) groups is 2. The predicted molar refractivity (Wildman–Crippen MR) is 150 cm³/mol. The van der Waals surface area contributed by atoms with Crippen LogP contribution in [0.4, 0.5) is 18.9 Å². The van der Waals surface area contributed by atoms with Crippen molar-refractivity contribution >= 4 is 17.6 Å². The van der Waals surface area contributed by atoms with Crippen LogP contribution >= 0.6 is 0 Å². The van der Waals surface area contributed by atoms with Gasteiger partial charge in [0, 0.05) is 18.8 Å². The molecule has 2 heterocycles. The van der Waals surface area contributed by atoms with Crippen LogP contribution in [-0.4, -0.2) is 49.6 Å². The molecule has 2 aliphatic heterocycles. The van der Waals surface area contributed by atoms with Gasteiger partial charge in [-0.3, -0.25) is 14.5 Å². The summed E-state index contributed by atoms with van der Waals surface area (Å²) >= 11 is 0. The van der Waals surface area contributed by atoms with Crippen molar-refractivity contribution in [3.05, 3.63) is 58.7 Å². The number of hydrogen-bond donors (Lipinski definition) is 0. The van der Waals surface area contributed by atoms with E-state index in [1.807, 2.05) is 17.0 Å². The first-order valence-corrected chi connectivity index (χ1v) is 14.9. The van der Waals surface area contributed by atoms with Crippen LogP contribution in [0.1, 0.15) is 80.0 Å². The van der Waals surface area contributed by atoms with Crippen LogP contribution < -0.4 is 9.64 Å². The van der Waals surface area contributed by atoms with E-state index in [0.717, 1.165) is 62.7 Å². The molecule has 1 saturated carbocycles. The van der Waals surface area contributed by atoms with Crippen LogP contribution in [0.5, 0.6) is 5.75 Å². The zero-order valence-corrected chi connectivity index (χ0v) is 23.7. The van der Waals surface area contributed by atoms with E-state index in [1.54, 1.807) is 30.0 Å². The summed E-state index contributed by atoms with van der Waals surface area (Å²) in [5.74, 6) is 0.124. The lowest BCUT2D eigenvalue weighted by Gasteiger charge is -2.32. The number of fused-ring (bicyclic) bond motifs is 1. The Morgan fingerprint density at radius 3 is 2.54 bits per heavy atom. The van der Waals surface area contributed by atoms with E-state index >= 15 is 0 Å². The van der Waals surface area contributed by atoms with Crippen LogP contribution in [0, 0.1) is 5.92 Å². The second-order valence-electron chi connectivity index (χ2n) is 11.5. The average Bonchev–Trinajstić information content (AvgIpc) is 3.40. The van der Waals surface area contributed by atoms with Gasteiger partial charge in [-0.2, -0.15) is 13.2 Å². The lowest BCUT2D eigenvalue weighted by Crippen LogP contribution is -2.45. The van der Waals surface area contributed by atoms with Crippen LogP contribution in [0.2, 0.25) is 0 Å². The van der Waals surface area contributed by atoms with Crippen molar-refractivity contribution in [3.8, 4) is 5.75 Å². The maximum Gasteiger partial charge on any atom is 0.416 e. The molecule has 2 aromatic rings. The van der Waals surface area contributed by atoms with Gasteiger partial charge in [0.2, 0.25) is 5.91 Å². The lowest BCUT2D eigenvalue weighted by molar-refractivity contribution is -0.150. The first-order valence-electron chi connectivity index (χ1n) is 14.9. The molecule has 1 aliphatic carbocycles. The van der Waals surface area contributed by atoms with E-state index in [1.165, 1.54) is 6.07 Å². The highest BCUT2D eigenvalue weighted by molar-refractivity contribution is 5.97. The summed E-state index contributed by atoms with van der Waals surface area (Å²) in [6.07, 6.45) is 2.55. The Morgan fingerprint density at radius 1 is 0.976 bits per heavy atom. The molecule has 0 unspecified atom stereocenters. The lowest BCUT2D eigenvalue weighted by atomic mass is 9.81. The van der Waals surface area contributed by atoms with E-state index in [0.29, 0.717) is 43.0 Å². The van der Waals surface area contributed by atoms with E-state index < -0.39 is 11.7 Å². The molecule has 0 N–H and O–H groups in total. The van der Waals surface area contributed by atoms with Gasteiger partial charge in [-0.1, -0.05) is 31.4 Å². The van der Waals surface area contributed by atoms with Crippen LogP contribution in [0.15, 0.2) is 36.4 Å². The Labute approximate surface area is 239 Å². The highest BCUT2D eigenvalue weighted by Crippen LogP contribution is 2.41. The van der Waals surface area contributed by atoms with Crippen molar-refractivity contribution in [2.24, 2.45) is 5.92 Å². The largest absolute Gasteiger partial charge is 0.489 e. The van der Waals surface area contributed by atoms with E-state index in [4.69, 9.17) is 9.47 Å². The third-order valence-electron chi connectivity index (χ3n) is 8.61. The topological polar surface area (TPSA) is 59.1 Å². The quantitative estimate of drug-likeness (QED) is 0.338. The van der Waals surface area contributed by atoms with Crippen molar-refractivity contribution in [1.29, 1.82) is 0 Å². The molecular formula is C32H39F3N2O4. The molecule has 3 aliphatic rings. The number of anilines is 1. The fraction of sp³-hybridized carbons (Fsp3) is 0.562. The number of likely N-dealkylation sites (tertiary alicyclic amines) is 1. The number of hydrogen-bond acceptors (Lipinski definition) is 5. The second-order valence-corrected chi connectivity index (χ2v) is 11.5. The van der Waals surface area contributed by atoms with Crippen molar-refractivity contribution < 1.29 is 32.2 Å². The first kappa shape index (κ1) is 29.4. The monoisotopic (exact) mass is 572 g/mol. The molecule has 6 nitrogen and oxygen atoms in total. The molecular weight excluding hydrogens is 533 g/mol. The molecule has 41 heavy (non-hydrogen) atoms. The molecule has 0 aromatic heterocycles. The molecule has 2 aromatic carbocycles. The number of carbonyl (C=O) groups excluding carboxylic acids is 2. The number of amides is 1. The fourth-order valence-electron chi connectivity index (χ4n) is 6.53. The molecule has 0 radical (unpaired) electrons. The van der Waals surface area contributed by atoms with Gasteiger partial charge in [0.15, 0.2) is 0 Å². The smallest absolute Gasteiger partial charge is 0.416 e. The molecule has 1 saturated heterocycles. The summed E-state index contributed by atoms with van der Waals surface area (Å²) < 4.78 is 52.9. The number of benzene rings is 2. The number of ether oxygens (including phenoxy) is 2. The number of esters is 1. The molecule has 0 spiro atoms. The third-order valence-corrected chi connectivity index (χ3v) is 8.61. The van der Waals surface area contributed by atoms with Crippen molar-refractivity contribution in [2.75, 3.05) is 37.7 Å². The predicted octanol–water partition coefficient (Wildman–Crippen LogP) is 6.50. The third kappa shape index (κ3) is 7.05. The molecule has 1 atom stereocenters. The zero-order chi connectivity index (χ0) is 29.0. The minimum atomic E-state index is -4.40. The molecule has 222 valence electrons. The standard InChI is InChI=1S/C32H39F3N2O4/c1-2-40-31(39)25-9-6-15-36(19-25)20-30(38)37-16-14-24-18-26(11-13-29(24)37)41-21-22-10-12-27(23-7-4-3-5-8-23)28(17-22)32(33,34)35/h10-13,17-18,23,25H,2-9,14-16,19-21H2,1H3/t25-/m1/s1. The summed E-state index contributed by atoms with van der Waals surface area (Å²) in [5.41, 5.74) is 2.15. The molecule has 0 bridgehead atoms. The van der Waals surface area contributed by atoms with Crippen LogP contribution in [0.3, 0.4) is 0 Å². The summed E-state index contributed by atoms with van der Waals surface area (Å²) in [7, 11) is 0. The Balaban J connectivity index is 1.20. The number of rotatable bonds is 8. The Hall–Kier alpha value is -3.07. The van der Waals surface area contributed by atoms with E-state index in [2.05, 4.69) is 0 Å². The van der Waals surface area contributed by atoms with E-state index in [9.17, 15) is 22.8 Å². The number of halogens is 3. The molecule has 9 heteroatoms. The summed E-state index contributed by atoms with van der Waals surface area (Å²) in [5, 5.41) is 0. The summed E-state index contributed by atoms with van der Waals surface area (Å²) in [6.45, 7) is 4.28. The Morgan fingerprint density at radius 2 is 1.78 bits per heavy atom. The van der Waals surface area contributed by atoms with Gasteiger partial charge in [0.25, 0.3) is 0 Å². The fourth-order valence-corrected chi connectivity index (χ4v) is 6.53. The number of alkyl halides is 3. The van der Waals surface area contributed by atoms with Gasteiger partial charge in [-0.25, -0.2) is 0 Å². The van der Waals surface area contributed by atoms with Gasteiger partial charge < -0.3 is 14.4 Å². The van der Waals surface area contributed by atoms with Crippen molar-refractivity contribution in [3.63, 3.8) is 0 Å². The minimum Gasteiger partial charge on any atom is -0.489 e. The summed E-state index contributed by atoms with van der Waals surface area (Å²) in [6, 6.07) is 10.1. The van der Waals surface area contributed by atoms with Gasteiger partial charge in [-0.05, 0) is 92.4 Å². The van der Waals surface area contributed by atoms with Crippen LogP contribution in [-0.2, 0) is 33.5 Å². The van der Waals surface area contributed by atoms with Crippen molar-refractivity contribution in [1.82, 2.24) is 4.90 Å². The SMILES string of the molecule is CCOC(=O)[C@@H]1CCCN(CC(=O)N2CCc3cc(OCc4ccc(C5CCCCC5)c(C(F)(F)F)c4)ccc32)C1. The van der Waals surface area contributed by atoms with Crippen molar-refractivity contribution in [2.45, 2.75) is 77.0 Å². The maximum atomic E-state index is 13.9.